The first-order chi connectivity index (χ1) is 16.1. The number of hydrogen-bond acceptors (Lipinski definition) is 6. The third-order valence-electron chi connectivity index (χ3n) is 4.61. The highest BCUT2D eigenvalue weighted by Crippen LogP contribution is 2.16. The first-order valence-corrected chi connectivity index (χ1v) is 12.4. The van der Waals surface area contributed by atoms with Crippen LogP contribution in [0, 0.1) is 0 Å². The highest BCUT2D eigenvalue weighted by atomic mass is 16.6. The van der Waals surface area contributed by atoms with Crippen LogP contribution in [0.5, 0.6) is 5.75 Å². The fourth-order valence-corrected chi connectivity index (χ4v) is 2.91. The van der Waals surface area contributed by atoms with Crippen LogP contribution in [0.4, 0.5) is 0 Å². The molecule has 33 heavy (non-hydrogen) atoms. The molecule has 1 N–H and O–H groups in total. The lowest BCUT2D eigenvalue weighted by molar-refractivity contribution is -0.142. The second kappa shape index (κ2) is 25.0. The Kier molecular flexibility index (Phi) is 23.7. The number of hydrogen-bond donors (Lipinski definition) is 1. The van der Waals surface area contributed by atoms with Gasteiger partial charge in [-0.25, -0.2) is 4.79 Å². The Morgan fingerprint density at radius 2 is 1.39 bits per heavy atom. The van der Waals surface area contributed by atoms with E-state index in [0.29, 0.717) is 39.6 Å². The van der Waals surface area contributed by atoms with Crippen molar-refractivity contribution in [3.63, 3.8) is 0 Å². The van der Waals surface area contributed by atoms with Gasteiger partial charge < -0.3 is 28.8 Å². The number of carboxylic acids is 1. The van der Waals surface area contributed by atoms with Crippen molar-refractivity contribution < 1.29 is 33.6 Å². The van der Waals surface area contributed by atoms with Gasteiger partial charge in [0.25, 0.3) is 0 Å². The van der Waals surface area contributed by atoms with Crippen LogP contribution in [0.2, 0.25) is 0 Å². The van der Waals surface area contributed by atoms with Crippen molar-refractivity contribution in [2.75, 3.05) is 52.9 Å². The molecule has 1 aromatic carbocycles. The van der Waals surface area contributed by atoms with Crippen LogP contribution in [-0.4, -0.2) is 70.0 Å². The molecule has 0 aromatic heterocycles. The Morgan fingerprint density at radius 1 is 0.788 bits per heavy atom. The quantitative estimate of drug-likeness (QED) is 0.242. The highest BCUT2D eigenvalue weighted by Gasteiger charge is 2.11. The minimum Gasteiger partial charge on any atom is -0.488 e. The lowest BCUT2D eigenvalue weighted by Crippen LogP contribution is -2.24. The molecular weight excluding hydrogens is 424 g/mol. The van der Waals surface area contributed by atoms with E-state index in [-0.39, 0.29) is 12.7 Å². The molecule has 0 radical (unpaired) electrons. The van der Waals surface area contributed by atoms with Gasteiger partial charge in [0, 0.05) is 13.2 Å². The van der Waals surface area contributed by atoms with Crippen LogP contribution in [-0.2, 0) is 23.7 Å². The third kappa shape index (κ3) is 23.3. The summed E-state index contributed by atoms with van der Waals surface area (Å²) < 4.78 is 27.1. The molecule has 192 valence electrons. The number of ether oxygens (including phenoxy) is 5. The second-order valence-corrected chi connectivity index (χ2v) is 7.52. The van der Waals surface area contributed by atoms with Crippen LogP contribution < -0.4 is 4.74 Å². The van der Waals surface area contributed by atoms with E-state index in [0.717, 1.165) is 18.8 Å². The number of carboxylic acid groups (broad SMARTS) is 1. The van der Waals surface area contributed by atoms with Gasteiger partial charge in [0.2, 0.25) is 0 Å². The Bertz CT molecular complexity index is 525. The van der Waals surface area contributed by atoms with Crippen LogP contribution in [0.25, 0.3) is 0 Å². The van der Waals surface area contributed by atoms with Crippen molar-refractivity contribution in [2.24, 2.45) is 0 Å². The summed E-state index contributed by atoms with van der Waals surface area (Å²) in [7, 11) is 0. The fraction of sp³-hybridized carbons (Fsp3) is 0.731. The van der Waals surface area contributed by atoms with Gasteiger partial charge in [0.15, 0.2) is 0 Å². The minimum absolute atomic E-state index is 0.104. The number of unbranched alkanes of at least 4 members (excludes halogenated alkanes) is 5. The molecule has 1 rings (SSSR count). The van der Waals surface area contributed by atoms with E-state index in [1.54, 1.807) is 6.92 Å². The zero-order valence-electron chi connectivity index (χ0n) is 21.0. The van der Waals surface area contributed by atoms with E-state index in [1.165, 1.54) is 38.5 Å². The summed E-state index contributed by atoms with van der Waals surface area (Å²) in [5.74, 6) is 0.00176. The molecule has 1 aromatic rings. The molecule has 0 saturated heterocycles. The van der Waals surface area contributed by atoms with Crippen LogP contribution in [0.1, 0.15) is 65.7 Å². The molecule has 1 atom stereocenters. The molecule has 1 unspecified atom stereocenters. The monoisotopic (exact) mass is 470 g/mol. The molecule has 0 aliphatic carbocycles. The number of carbonyl (C=O) groups is 1. The standard InChI is InChI=1S/C22H38O4.C4H8O3/c1-3-5-6-7-8-10-15-22(26-21-13-11-9-12-14-21)20-25-19-18-24-17-16-23-4-2;1-2-7-3-4(5)6/h9,11-14,22H,3-8,10,15-20H2,1-2H3;2-3H2,1H3,(H,5,6). The van der Waals surface area contributed by atoms with E-state index < -0.39 is 5.97 Å². The van der Waals surface area contributed by atoms with E-state index in [9.17, 15) is 4.79 Å². The molecule has 0 amide bonds. The van der Waals surface area contributed by atoms with Crippen molar-refractivity contribution in [3.8, 4) is 5.75 Å². The Morgan fingerprint density at radius 3 is 2.00 bits per heavy atom. The molecule has 7 nitrogen and oxygen atoms in total. The molecule has 0 fully saturated rings. The van der Waals surface area contributed by atoms with Gasteiger partial charge in [-0.2, -0.15) is 0 Å². The highest BCUT2D eigenvalue weighted by molar-refractivity contribution is 5.67. The maximum absolute atomic E-state index is 9.63. The summed E-state index contributed by atoms with van der Waals surface area (Å²) in [6.45, 7) is 10.1. The average molecular weight is 471 g/mol. The van der Waals surface area contributed by atoms with Gasteiger partial charge in [-0.15, -0.1) is 0 Å². The number of para-hydroxylation sites is 1. The van der Waals surface area contributed by atoms with Gasteiger partial charge in [0.1, 0.15) is 18.5 Å². The molecule has 0 heterocycles. The van der Waals surface area contributed by atoms with Gasteiger partial charge in [0.05, 0.1) is 33.0 Å². The molecule has 0 saturated carbocycles. The summed E-state index contributed by atoms with van der Waals surface area (Å²) in [6.07, 6.45) is 8.90. The topological polar surface area (TPSA) is 83.5 Å². The molecule has 0 bridgehead atoms. The summed E-state index contributed by atoms with van der Waals surface area (Å²) in [5, 5.41) is 7.92. The first-order valence-electron chi connectivity index (χ1n) is 12.4. The maximum Gasteiger partial charge on any atom is 0.329 e. The maximum atomic E-state index is 9.63. The summed E-state index contributed by atoms with van der Waals surface area (Å²) in [6, 6.07) is 10.0. The summed E-state index contributed by atoms with van der Waals surface area (Å²) >= 11 is 0. The average Bonchev–Trinajstić information content (AvgIpc) is 2.82. The SMILES string of the molecule is CCCCCCCCC(COCCOCCOCC)Oc1ccccc1.CCOCC(=O)O. The Hall–Kier alpha value is -1.67. The Balaban J connectivity index is 0.00000126. The lowest BCUT2D eigenvalue weighted by atomic mass is 10.1. The predicted octanol–water partition coefficient (Wildman–Crippen LogP) is 5.36. The van der Waals surface area contributed by atoms with Gasteiger partial charge in [-0.1, -0.05) is 57.2 Å². The van der Waals surface area contributed by atoms with Gasteiger partial charge >= 0.3 is 5.97 Å². The summed E-state index contributed by atoms with van der Waals surface area (Å²) in [4.78, 5) is 9.63. The van der Waals surface area contributed by atoms with E-state index in [2.05, 4.69) is 11.7 Å². The zero-order chi connectivity index (χ0) is 24.4. The van der Waals surface area contributed by atoms with E-state index in [4.69, 9.17) is 24.1 Å². The van der Waals surface area contributed by atoms with Crippen molar-refractivity contribution in [1.29, 1.82) is 0 Å². The lowest BCUT2D eigenvalue weighted by Gasteiger charge is -2.19. The molecule has 0 spiro atoms. The van der Waals surface area contributed by atoms with Gasteiger partial charge in [-0.3, -0.25) is 0 Å². The fourth-order valence-electron chi connectivity index (χ4n) is 2.91. The molecule has 0 aliphatic heterocycles. The van der Waals surface area contributed by atoms with Crippen molar-refractivity contribution in [2.45, 2.75) is 71.8 Å². The predicted molar refractivity (Wildman–Crippen MR) is 131 cm³/mol. The Labute approximate surface area is 200 Å². The van der Waals surface area contributed by atoms with Crippen LogP contribution in [0.15, 0.2) is 30.3 Å². The summed E-state index contributed by atoms with van der Waals surface area (Å²) in [5.41, 5.74) is 0. The normalized spacial score (nSPS) is 11.5. The van der Waals surface area contributed by atoms with E-state index >= 15 is 0 Å². The smallest absolute Gasteiger partial charge is 0.329 e. The van der Waals surface area contributed by atoms with Crippen LogP contribution in [0.3, 0.4) is 0 Å². The molecule has 7 heteroatoms. The van der Waals surface area contributed by atoms with Crippen molar-refractivity contribution >= 4 is 5.97 Å². The van der Waals surface area contributed by atoms with Crippen molar-refractivity contribution in [3.05, 3.63) is 30.3 Å². The first kappa shape index (κ1) is 31.3. The number of aliphatic carboxylic acids is 1. The zero-order valence-corrected chi connectivity index (χ0v) is 21.0. The van der Waals surface area contributed by atoms with Crippen molar-refractivity contribution in [1.82, 2.24) is 0 Å². The largest absolute Gasteiger partial charge is 0.488 e. The molecule has 0 aliphatic rings. The van der Waals surface area contributed by atoms with E-state index in [1.807, 2.05) is 37.3 Å². The number of rotatable bonds is 21. The third-order valence-corrected chi connectivity index (χ3v) is 4.61. The number of benzene rings is 1. The molecular formula is C26H46O7. The minimum atomic E-state index is -0.915. The van der Waals surface area contributed by atoms with Crippen LogP contribution >= 0.6 is 0 Å². The van der Waals surface area contributed by atoms with Gasteiger partial charge in [-0.05, 0) is 38.8 Å². The second-order valence-electron chi connectivity index (χ2n) is 7.52.